The number of hydrogen-bond acceptors (Lipinski definition) is 5. The van der Waals surface area contributed by atoms with E-state index in [1.54, 1.807) is 42.5 Å². The molecule has 0 spiro atoms. The number of benzene rings is 2. The fourth-order valence-corrected chi connectivity index (χ4v) is 4.95. The van der Waals surface area contributed by atoms with E-state index in [1.165, 1.54) is 0 Å². The highest BCUT2D eigenvalue weighted by atomic mass is 79.9. The number of morpholine rings is 1. The Morgan fingerprint density at radius 3 is 2.53 bits per heavy atom. The number of hydrogen-bond donors (Lipinski definition) is 1. The zero-order valence-electron chi connectivity index (χ0n) is 16.9. The van der Waals surface area contributed by atoms with E-state index in [2.05, 4.69) is 26.1 Å². The molecular weight excluding hydrogens is 470 g/mol. The second-order valence-corrected chi connectivity index (χ2v) is 9.89. The number of nitrogens with one attached hydrogen (secondary N) is 1. The third kappa shape index (κ3) is 6.04. The van der Waals surface area contributed by atoms with Gasteiger partial charge in [-0.3, -0.25) is 14.0 Å². The molecule has 0 unspecified atom stereocenters. The minimum absolute atomic E-state index is 0.147. The first-order chi connectivity index (χ1) is 14.4. The molecule has 0 aliphatic carbocycles. The van der Waals surface area contributed by atoms with Crippen molar-refractivity contribution in [3.8, 4) is 0 Å². The molecule has 2 aromatic carbocycles. The van der Waals surface area contributed by atoms with E-state index in [4.69, 9.17) is 4.74 Å². The fourth-order valence-electron chi connectivity index (χ4n) is 3.15. The number of ether oxygens (including phenoxy) is 1. The Kier molecular flexibility index (Phi) is 7.87. The molecule has 1 heterocycles. The first-order valence-electron chi connectivity index (χ1n) is 9.78. The van der Waals surface area contributed by atoms with Gasteiger partial charge < -0.3 is 10.1 Å². The molecule has 1 saturated heterocycles. The van der Waals surface area contributed by atoms with Crippen LogP contribution in [0.3, 0.4) is 0 Å². The summed E-state index contributed by atoms with van der Waals surface area (Å²) in [4.78, 5) is 15.0. The molecule has 30 heavy (non-hydrogen) atoms. The lowest BCUT2D eigenvalue weighted by molar-refractivity contribution is -0.119. The van der Waals surface area contributed by atoms with Crippen LogP contribution in [-0.4, -0.2) is 65.2 Å². The first-order valence-corrected chi connectivity index (χ1v) is 12.0. The van der Waals surface area contributed by atoms with Gasteiger partial charge in [0, 0.05) is 30.7 Å². The third-order valence-corrected chi connectivity index (χ3v) is 7.13. The predicted octanol–water partition coefficient (Wildman–Crippen LogP) is 2.40. The SMILES string of the molecule is Cc1ccc(S(=O)(=O)N(CC(=O)NCCN2CCOCC2)c2cccc(Br)c2)cc1. The van der Waals surface area contributed by atoms with Crippen LogP contribution in [0.4, 0.5) is 5.69 Å². The van der Waals surface area contributed by atoms with Gasteiger partial charge in [0.1, 0.15) is 6.54 Å². The van der Waals surface area contributed by atoms with Gasteiger partial charge in [-0.05, 0) is 37.3 Å². The van der Waals surface area contributed by atoms with Gasteiger partial charge in [-0.1, -0.05) is 39.7 Å². The van der Waals surface area contributed by atoms with Crippen LogP contribution in [0.2, 0.25) is 0 Å². The summed E-state index contributed by atoms with van der Waals surface area (Å²) < 4.78 is 33.8. The number of aryl methyl sites for hydroxylation is 1. The van der Waals surface area contributed by atoms with E-state index < -0.39 is 10.0 Å². The van der Waals surface area contributed by atoms with Crippen molar-refractivity contribution in [3.63, 3.8) is 0 Å². The molecule has 9 heteroatoms. The highest BCUT2D eigenvalue weighted by molar-refractivity contribution is 9.10. The Morgan fingerprint density at radius 1 is 1.17 bits per heavy atom. The second-order valence-electron chi connectivity index (χ2n) is 7.11. The number of nitrogens with zero attached hydrogens (tertiary/aromatic N) is 2. The van der Waals surface area contributed by atoms with Crippen molar-refractivity contribution in [2.45, 2.75) is 11.8 Å². The van der Waals surface area contributed by atoms with Crippen LogP contribution in [0, 0.1) is 6.92 Å². The number of anilines is 1. The Morgan fingerprint density at radius 2 is 1.87 bits per heavy atom. The standard InChI is InChI=1S/C21H26BrN3O4S/c1-17-5-7-20(8-6-17)30(27,28)25(19-4-2-3-18(22)15-19)16-21(26)23-9-10-24-11-13-29-14-12-24/h2-8,15H,9-14,16H2,1H3,(H,23,26). The summed E-state index contributed by atoms with van der Waals surface area (Å²) >= 11 is 3.38. The molecule has 1 fully saturated rings. The molecule has 1 N–H and O–H groups in total. The smallest absolute Gasteiger partial charge is 0.264 e. The van der Waals surface area contributed by atoms with Crippen LogP contribution >= 0.6 is 15.9 Å². The molecule has 2 aromatic rings. The minimum Gasteiger partial charge on any atom is -0.379 e. The summed E-state index contributed by atoms with van der Waals surface area (Å²) in [6, 6.07) is 13.5. The zero-order valence-corrected chi connectivity index (χ0v) is 19.3. The van der Waals surface area contributed by atoms with Gasteiger partial charge in [0.05, 0.1) is 23.8 Å². The maximum atomic E-state index is 13.3. The summed E-state index contributed by atoms with van der Waals surface area (Å²) in [5.74, 6) is -0.348. The lowest BCUT2D eigenvalue weighted by Gasteiger charge is -2.27. The number of halogens is 1. The average molecular weight is 496 g/mol. The number of sulfonamides is 1. The molecule has 0 radical (unpaired) electrons. The summed E-state index contributed by atoms with van der Waals surface area (Å²) in [5.41, 5.74) is 1.39. The van der Waals surface area contributed by atoms with E-state index in [0.717, 1.165) is 27.4 Å². The summed E-state index contributed by atoms with van der Waals surface area (Å²) in [6.07, 6.45) is 0. The summed E-state index contributed by atoms with van der Waals surface area (Å²) in [6.45, 7) is 5.81. The third-order valence-electron chi connectivity index (χ3n) is 4.85. The van der Waals surface area contributed by atoms with E-state index in [0.29, 0.717) is 32.0 Å². The monoisotopic (exact) mass is 495 g/mol. The van der Waals surface area contributed by atoms with Crippen molar-refractivity contribution in [2.75, 3.05) is 50.2 Å². The lowest BCUT2D eigenvalue weighted by atomic mass is 10.2. The van der Waals surface area contributed by atoms with Gasteiger partial charge in [-0.25, -0.2) is 8.42 Å². The van der Waals surface area contributed by atoms with Crippen LogP contribution in [0.25, 0.3) is 0 Å². The van der Waals surface area contributed by atoms with E-state index in [-0.39, 0.29) is 17.3 Å². The largest absolute Gasteiger partial charge is 0.379 e. The topological polar surface area (TPSA) is 79.0 Å². The first kappa shape index (κ1) is 22.7. The van der Waals surface area contributed by atoms with Gasteiger partial charge in [0.2, 0.25) is 5.91 Å². The highest BCUT2D eigenvalue weighted by Gasteiger charge is 2.27. The molecule has 1 aliphatic heterocycles. The van der Waals surface area contributed by atoms with Crippen molar-refractivity contribution in [3.05, 3.63) is 58.6 Å². The van der Waals surface area contributed by atoms with Crippen LogP contribution in [0.1, 0.15) is 5.56 Å². The van der Waals surface area contributed by atoms with Gasteiger partial charge in [-0.15, -0.1) is 0 Å². The number of amides is 1. The van der Waals surface area contributed by atoms with Gasteiger partial charge >= 0.3 is 0 Å². The molecule has 0 bridgehead atoms. The number of rotatable bonds is 8. The Hall–Kier alpha value is -1.94. The molecule has 1 amide bonds. The van der Waals surface area contributed by atoms with Crippen molar-refractivity contribution in [2.24, 2.45) is 0 Å². The fraction of sp³-hybridized carbons (Fsp3) is 0.381. The summed E-state index contributed by atoms with van der Waals surface area (Å²) in [7, 11) is -3.90. The van der Waals surface area contributed by atoms with Gasteiger partial charge in [-0.2, -0.15) is 0 Å². The molecule has 0 saturated carbocycles. The molecule has 3 rings (SSSR count). The Labute approximate surface area is 186 Å². The average Bonchev–Trinajstić information content (AvgIpc) is 2.73. The van der Waals surface area contributed by atoms with Crippen molar-refractivity contribution in [1.29, 1.82) is 0 Å². The molecule has 0 atom stereocenters. The van der Waals surface area contributed by atoms with Gasteiger partial charge in [0.25, 0.3) is 10.0 Å². The number of carbonyl (C=O) groups excluding carboxylic acids is 1. The van der Waals surface area contributed by atoms with Crippen LogP contribution in [0.15, 0.2) is 57.9 Å². The quantitative estimate of drug-likeness (QED) is 0.608. The molecule has 1 aliphatic rings. The lowest BCUT2D eigenvalue weighted by Crippen LogP contribution is -2.44. The maximum Gasteiger partial charge on any atom is 0.264 e. The second kappa shape index (κ2) is 10.4. The van der Waals surface area contributed by atoms with Crippen LogP contribution < -0.4 is 9.62 Å². The Balaban J connectivity index is 1.74. The van der Waals surface area contributed by atoms with E-state index in [1.807, 2.05) is 13.0 Å². The number of carbonyl (C=O) groups is 1. The van der Waals surface area contributed by atoms with Crippen molar-refractivity contribution in [1.82, 2.24) is 10.2 Å². The van der Waals surface area contributed by atoms with Crippen molar-refractivity contribution < 1.29 is 17.9 Å². The molecule has 162 valence electrons. The summed E-state index contributed by atoms with van der Waals surface area (Å²) in [5, 5.41) is 2.84. The zero-order chi connectivity index (χ0) is 21.6. The molecule has 0 aromatic heterocycles. The van der Waals surface area contributed by atoms with Gasteiger partial charge in [0.15, 0.2) is 0 Å². The predicted molar refractivity (Wildman–Crippen MR) is 120 cm³/mol. The van der Waals surface area contributed by atoms with Crippen LogP contribution in [0.5, 0.6) is 0 Å². The minimum atomic E-state index is -3.90. The van der Waals surface area contributed by atoms with Crippen LogP contribution in [-0.2, 0) is 19.6 Å². The van der Waals surface area contributed by atoms with E-state index in [9.17, 15) is 13.2 Å². The molecular formula is C21H26BrN3O4S. The normalized spacial score (nSPS) is 15.0. The van der Waals surface area contributed by atoms with Crippen molar-refractivity contribution >= 4 is 37.5 Å². The van der Waals surface area contributed by atoms with E-state index >= 15 is 0 Å². The Bertz CT molecular complexity index is 960. The molecule has 7 nitrogen and oxygen atoms in total. The highest BCUT2D eigenvalue weighted by Crippen LogP contribution is 2.26. The maximum absolute atomic E-state index is 13.3.